The molecule has 2 aliphatic rings. The fourth-order valence-electron chi connectivity index (χ4n) is 3.61. The van der Waals surface area contributed by atoms with Crippen LogP contribution in [0, 0.1) is 5.92 Å². The van der Waals surface area contributed by atoms with E-state index < -0.39 is 30.8 Å². The zero-order valence-corrected chi connectivity index (χ0v) is 15.3. The lowest BCUT2D eigenvalue weighted by molar-refractivity contribution is -0.120. The number of ether oxygens (including phenoxy) is 1. The molecular formula is C19H25F2N3O3. The van der Waals surface area contributed by atoms with Crippen LogP contribution in [0.25, 0.3) is 0 Å². The second-order valence-electron chi connectivity index (χ2n) is 7.22. The first-order chi connectivity index (χ1) is 12.9. The zero-order chi connectivity index (χ0) is 19.4. The number of carbonyl (C=O) groups is 2. The van der Waals surface area contributed by atoms with Crippen molar-refractivity contribution in [3.8, 4) is 5.75 Å². The molecule has 148 valence electrons. The van der Waals surface area contributed by atoms with Crippen molar-refractivity contribution in [1.29, 1.82) is 0 Å². The van der Waals surface area contributed by atoms with Crippen molar-refractivity contribution in [3.05, 3.63) is 18.2 Å². The molecule has 6 nitrogen and oxygen atoms in total. The summed E-state index contributed by atoms with van der Waals surface area (Å²) in [5.41, 5.74) is 0.868. The minimum Gasteiger partial charge on any atom is -0.495 e. The molecule has 1 aliphatic heterocycles. The molecule has 0 spiro atoms. The summed E-state index contributed by atoms with van der Waals surface area (Å²) in [6.07, 6.45) is 4.45. The minimum absolute atomic E-state index is 0.0216. The summed E-state index contributed by atoms with van der Waals surface area (Å²) in [7, 11) is 1.49. The van der Waals surface area contributed by atoms with Crippen LogP contribution in [0.15, 0.2) is 18.2 Å². The number of hydrogen-bond donors (Lipinski definition) is 3. The quantitative estimate of drug-likeness (QED) is 0.732. The average Bonchev–Trinajstić information content (AvgIpc) is 3.03. The van der Waals surface area contributed by atoms with Crippen molar-refractivity contribution in [2.24, 2.45) is 5.92 Å². The van der Waals surface area contributed by atoms with Gasteiger partial charge in [0.2, 0.25) is 11.8 Å². The Morgan fingerprint density at radius 3 is 2.52 bits per heavy atom. The third-order valence-corrected chi connectivity index (χ3v) is 5.13. The molecule has 1 heterocycles. The lowest BCUT2D eigenvalue weighted by Crippen LogP contribution is -2.35. The number of carbonyl (C=O) groups excluding carboxylic acids is 2. The molecule has 1 aromatic rings. The number of amides is 2. The Bertz CT molecular complexity index is 705. The van der Waals surface area contributed by atoms with Gasteiger partial charge in [-0.25, -0.2) is 8.78 Å². The zero-order valence-electron chi connectivity index (χ0n) is 15.3. The Labute approximate surface area is 157 Å². The van der Waals surface area contributed by atoms with Gasteiger partial charge >= 0.3 is 0 Å². The molecule has 1 atom stereocenters. The van der Waals surface area contributed by atoms with Gasteiger partial charge in [0.05, 0.1) is 25.4 Å². The second kappa shape index (κ2) is 8.21. The molecule has 1 saturated carbocycles. The van der Waals surface area contributed by atoms with E-state index in [0.717, 1.165) is 32.1 Å². The summed E-state index contributed by atoms with van der Waals surface area (Å²) < 4.78 is 31.8. The smallest absolute Gasteiger partial charge is 0.262 e. The summed E-state index contributed by atoms with van der Waals surface area (Å²) in [6.45, 7) is -0.504. The van der Waals surface area contributed by atoms with E-state index in [1.54, 1.807) is 18.2 Å². The molecule has 2 fully saturated rings. The number of anilines is 2. The first-order valence-electron chi connectivity index (χ1n) is 9.29. The normalized spacial score (nSPS) is 22.3. The van der Waals surface area contributed by atoms with Crippen LogP contribution in [0.3, 0.4) is 0 Å². The number of alkyl halides is 2. The van der Waals surface area contributed by atoms with Gasteiger partial charge in [0.25, 0.3) is 5.92 Å². The van der Waals surface area contributed by atoms with Gasteiger partial charge in [0.1, 0.15) is 5.75 Å². The van der Waals surface area contributed by atoms with Crippen molar-refractivity contribution in [3.63, 3.8) is 0 Å². The van der Waals surface area contributed by atoms with E-state index in [2.05, 4.69) is 16.0 Å². The number of nitrogens with one attached hydrogen (secondary N) is 3. The van der Waals surface area contributed by atoms with Crippen molar-refractivity contribution < 1.29 is 23.1 Å². The molecule has 8 heteroatoms. The predicted octanol–water partition coefficient (Wildman–Crippen LogP) is 3.15. The van der Waals surface area contributed by atoms with Crippen LogP contribution in [-0.2, 0) is 9.59 Å². The fourth-order valence-corrected chi connectivity index (χ4v) is 3.61. The highest BCUT2D eigenvalue weighted by atomic mass is 19.3. The molecule has 1 aliphatic carbocycles. The second-order valence-corrected chi connectivity index (χ2v) is 7.22. The van der Waals surface area contributed by atoms with Crippen LogP contribution >= 0.6 is 0 Å². The molecule has 0 radical (unpaired) electrons. The number of benzene rings is 1. The Kier molecular flexibility index (Phi) is 5.94. The highest BCUT2D eigenvalue weighted by Crippen LogP contribution is 2.31. The first-order valence-corrected chi connectivity index (χ1v) is 9.29. The Balaban J connectivity index is 1.67. The van der Waals surface area contributed by atoms with Gasteiger partial charge in [0, 0.05) is 18.0 Å². The van der Waals surface area contributed by atoms with Crippen molar-refractivity contribution in [2.45, 2.75) is 50.5 Å². The van der Waals surface area contributed by atoms with Crippen molar-refractivity contribution >= 4 is 23.2 Å². The van der Waals surface area contributed by atoms with Crippen LogP contribution in [0.4, 0.5) is 20.2 Å². The maximum absolute atomic E-state index is 13.3. The van der Waals surface area contributed by atoms with Gasteiger partial charge in [-0.15, -0.1) is 0 Å². The van der Waals surface area contributed by atoms with Gasteiger partial charge in [0.15, 0.2) is 0 Å². The molecule has 1 aromatic carbocycles. The first kappa shape index (κ1) is 19.5. The number of methoxy groups -OCH3 is 1. The topological polar surface area (TPSA) is 79.5 Å². The Morgan fingerprint density at radius 2 is 1.89 bits per heavy atom. The van der Waals surface area contributed by atoms with Crippen molar-refractivity contribution in [1.82, 2.24) is 5.32 Å². The summed E-state index contributed by atoms with van der Waals surface area (Å²) in [5, 5.41) is 8.02. The molecule has 2 amide bonds. The number of halogens is 2. The Hall–Kier alpha value is -2.22. The summed E-state index contributed by atoms with van der Waals surface area (Å²) in [6, 6.07) is 3.88. The van der Waals surface area contributed by atoms with Crippen LogP contribution < -0.4 is 20.7 Å². The third kappa shape index (κ3) is 4.94. The average molecular weight is 381 g/mol. The van der Waals surface area contributed by atoms with Gasteiger partial charge in [-0.2, -0.15) is 0 Å². The summed E-state index contributed by atoms with van der Waals surface area (Å²) in [4.78, 5) is 24.7. The molecule has 0 aromatic heterocycles. The molecule has 1 unspecified atom stereocenters. The largest absolute Gasteiger partial charge is 0.495 e. The molecule has 3 N–H and O–H groups in total. The van der Waals surface area contributed by atoms with Gasteiger partial charge in [-0.05, 0) is 31.0 Å². The summed E-state index contributed by atoms with van der Waals surface area (Å²) >= 11 is 0. The van der Waals surface area contributed by atoms with E-state index in [1.165, 1.54) is 7.11 Å². The van der Waals surface area contributed by atoms with E-state index in [0.29, 0.717) is 17.1 Å². The molecule has 27 heavy (non-hydrogen) atoms. The maximum Gasteiger partial charge on any atom is 0.262 e. The molecule has 0 bridgehead atoms. The SMILES string of the molecule is COc1ccc(NC(=O)C2CC(F)(F)CN2)cc1NC(=O)C1CCCCC1. The van der Waals surface area contributed by atoms with Crippen molar-refractivity contribution in [2.75, 3.05) is 24.3 Å². The third-order valence-electron chi connectivity index (χ3n) is 5.13. The highest BCUT2D eigenvalue weighted by molar-refractivity contribution is 5.98. The molecule has 3 rings (SSSR count). The van der Waals surface area contributed by atoms with Gasteiger partial charge < -0.3 is 15.4 Å². The van der Waals surface area contributed by atoms with Gasteiger partial charge in [-0.1, -0.05) is 19.3 Å². The lowest BCUT2D eigenvalue weighted by atomic mass is 9.88. The van der Waals surface area contributed by atoms with E-state index in [9.17, 15) is 18.4 Å². The van der Waals surface area contributed by atoms with E-state index >= 15 is 0 Å². The van der Waals surface area contributed by atoms with Crippen LogP contribution in [0.5, 0.6) is 5.75 Å². The molecule has 1 saturated heterocycles. The maximum atomic E-state index is 13.3. The van der Waals surface area contributed by atoms with Crippen LogP contribution in [-0.4, -0.2) is 37.4 Å². The summed E-state index contributed by atoms with van der Waals surface area (Å²) in [5.74, 6) is -3.01. The lowest BCUT2D eigenvalue weighted by Gasteiger charge is -2.21. The van der Waals surface area contributed by atoms with Crippen LogP contribution in [0.1, 0.15) is 38.5 Å². The minimum atomic E-state index is -2.87. The molecular weight excluding hydrogens is 356 g/mol. The highest BCUT2D eigenvalue weighted by Gasteiger charge is 2.42. The van der Waals surface area contributed by atoms with Gasteiger partial charge in [-0.3, -0.25) is 14.9 Å². The standard InChI is InChI=1S/C19H25F2N3O3/c1-27-16-8-7-13(23-18(26)15-10-19(20,21)11-22-15)9-14(16)24-17(25)12-5-3-2-4-6-12/h7-9,12,15,22H,2-6,10-11H2,1H3,(H,23,26)(H,24,25). The Morgan fingerprint density at radius 1 is 1.15 bits per heavy atom. The fraction of sp³-hybridized carbons (Fsp3) is 0.579. The van der Waals surface area contributed by atoms with E-state index in [1.807, 2.05) is 0 Å². The predicted molar refractivity (Wildman–Crippen MR) is 98.2 cm³/mol. The number of rotatable bonds is 5. The van der Waals surface area contributed by atoms with E-state index in [-0.39, 0.29) is 11.8 Å². The van der Waals surface area contributed by atoms with E-state index in [4.69, 9.17) is 4.74 Å². The monoisotopic (exact) mass is 381 g/mol. The van der Waals surface area contributed by atoms with Crippen LogP contribution in [0.2, 0.25) is 0 Å². The number of hydrogen-bond acceptors (Lipinski definition) is 4.